The van der Waals surface area contributed by atoms with E-state index in [1.165, 1.54) is 69.3 Å². The lowest BCUT2D eigenvalue weighted by molar-refractivity contribution is -0.441. The molecule has 0 saturated carbocycles. The highest BCUT2D eigenvalue weighted by Gasteiger charge is 2.90. The Labute approximate surface area is 221 Å². The normalized spacial score (nSPS) is 16.9. The summed E-state index contributed by atoms with van der Waals surface area (Å²) >= 11 is 0. The molecule has 226 valence electrons. The van der Waals surface area contributed by atoms with Gasteiger partial charge in [-0.2, -0.15) is 57.1 Å². The van der Waals surface area contributed by atoms with Crippen LogP contribution in [0.4, 0.5) is 57.1 Å². The lowest BCUT2D eigenvalue weighted by Crippen LogP contribution is -2.70. The highest BCUT2D eigenvalue weighted by atomic mass is 19.4. The van der Waals surface area contributed by atoms with Crippen molar-refractivity contribution in [2.24, 2.45) is 0 Å². The average Bonchev–Trinajstić information content (AvgIpc) is 2.82. The fraction of sp³-hybridized carbons (Fsp3) is 0.538. The second kappa shape index (κ2) is 10.1. The van der Waals surface area contributed by atoms with Gasteiger partial charge in [-0.15, -0.1) is 0 Å². The topological polar surface area (TPSA) is 20.2 Å². The Bertz CT molecular complexity index is 1170. The molecule has 2 aromatic rings. The third-order valence-electron chi connectivity index (χ3n) is 6.71. The van der Waals surface area contributed by atoms with Gasteiger partial charge in [-0.1, -0.05) is 82.3 Å². The Hall–Kier alpha value is -2.51. The van der Waals surface area contributed by atoms with Crippen molar-refractivity contribution in [3.05, 3.63) is 71.3 Å². The molecule has 1 N–H and O–H groups in total. The molecule has 0 spiro atoms. The highest BCUT2D eigenvalue weighted by Crippen LogP contribution is 2.62. The first-order chi connectivity index (χ1) is 17.7. The zero-order valence-electron chi connectivity index (χ0n) is 21.3. The zero-order valence-corrected chi connectivity index (χ0v) is 21.3. The summed E-state index contributed by atoms with van der Waals surface area (Å²) in [4.78, 5) is 0. The molecule has 0 heterocycles. The van der Waals surface area contributed by atoms with Gasteiger partial charge in [0, 0.05) is 5.92 Å². The molecule has 2 aromatic carbocycles. The van der Waals surface area contributed by atoms with Gasteiger partial charge >= 0.3 is 35.8 Å². The largest absolute Gasteiger partial charge is 0.460 e. The van der Waals surface area contributed by atoms with Crippen LogP contribution in [-0.4, -0.2) is 40.9 Å². The summed E-state index contributed by atoms with van der Waals surface area (Å²) in [7, 11) is 0. The first-order valence-electron chi connectivity index (χ1n) is 11.5. The molecule has 0 aliphatic carbocycles. The summed E-state index contributed by atoms with van der Waals surface area (Å²) in [5.41, 5.74) is -4.75. The minimum Gasteiger partial charge on any atom is -0.384 e. The van der Waals surface area contributed by atoms with Crippen molar-refractivity contribution in [3.63, 3.8) is 0 Å². The molecular weight excluding hydrogens is 575 g/mol. The highest BCUT2D eigenvalue weighted by molar-refractivity contribution is 5.41. The molecule has 0 saturated heterocycles. The summed E-state index contributed by atoms with van der Waals surface area (Å²) in [5, 5.41) is 11.6. The number of alkyl halides is 13. The van der Waals surface area contributed by atoms with E-state index in [-0.39, 0.29) is 11.1 Å². The van der Waals surface area contributed by atoms with Crippen LogP contribution < -0.4 is 0 Å². The van der Waals surface area contributed by atoms with Crippen molar-refractivity contribution in [1.82, 2.24) is 0 Å². The van der Waals surface area contributed by atoms with Gasteiger partial charge in [-0.3, -0.25) is 0 Å². The molecule has 2 atom stereocenters. The van der Waals surface area contributed by atoms with Crippen LogP contribution in [0.25, 0.3) is 0 Å². The van der Waals surface area contributed by atoms with Crippen LogP contribution >= 0.6 is 0 Å². The molecule has 0 radical (unpaired) electrons. The van der Waals surface area contributed by atoms with Gasteiger partial charge in [-0.25, -0.2) is 0 Å². The van der Waals surface area contributed by atoms with Crippen LogP contribution in [0.15, 0.2) is 54.6 Å². The molecule has 0 amide bonds. The van der Waals surface area contributed by atoms with Crippen molar-refractivity contribution in [3.8, 4) is 0 Å². The van der Waals surface area contributed by atoms with Crippen molar-refractivity contribution in [1.29, 1.82) is 0 Å². The van der Waals surface area contributed by atoms with Gasteiger partial charge in [-0.05, 0) is 22.1 Å². The van der Waals surface area contributed by atoms with E-state index in [1.807, 2.05) is 0 Å². The standard InChI is InChI=1S/C26H25F13O/c1-15(16-10-6-5-7-11-16)20(40,18-13-9-8-12-17(18)19(2,3)4)14-21(27,28)22(29,30)23(31,32)24(33,34)25(35,36)26(37,38)39/h5-13,15,40H,14H2,1-4H3. The minimum atomic E-state index is -8.02. The van der Waals surface area contributed by atoms with E-state index < -0.39 is 64.7 Å². The maximum absolute atomic E-state index is 15.1. The third-order valence-corrected chi connectivity index (χ3v) is 6.71. The first-order valence-corrected chi connectivity index (χ1v) is 11.5. The molecule has 0 bridgehead atoms. The SMILES string of the molecule is CC(c1ccccc1)C(O)(CC(F)(F)C(F)(F)C(F)(F)C(F)(F)C(F)(F)C(F)(F)F)c1ccccc1C(C)(C)C. The molecule has 14 heteroatoms. The molecular formula is C26H25F13O. The molecule has 2 rings (SSSR count). The molecule has 0 aromatic heterocycles. The van der Waals surface area contributed by atoms with E-state index in [0.717, 1.165) is 13.0 Å². The Balaban J connectivity index is 2.80. The van der Waals surface area contributed by atoms with E-state index in [1.54, 1.807) is 0 Å². The van der Waals surface area contributed by atoms with Gasteiger partial charge in [0.05, 0.1) is 6.42 Å². The number of hydrogen-bond acceptors (Lipinski definition) is 1. The number of aliphatic hydroxyl groups is 1. The molecule has 2 unspecified atom stereocenters. The molecule has 0 aliphatic heterocycles. The second-order valence-electron chi connectivity index (χ2n) is 10.5. The quantitative estimate of drug-likeness (QED) is 0.285. The van der Waals surface area contributed by atoms with Gasteiger partial charge in [0.15, 0.2) is 0 Å². The lowest BCUT2D eigenvalue weighted by Gasteiger charge is -2.44. The summed E-state index contributed by atoms with van der Waals surface area (Å²) in [6.45, 7) is 5.58. The predicted molar refractivity (Wildman–Crippen MR) is 119 cm³/mol. The first kappa shape index (κ1) is 33.7. The molecule has 0 fully saturated rings. The van der Waals surface area contributed by atoms with Gasteiger partial charge in [0.25, 0.3) is 0 Å². The van der Waals surface area contributed by atoms with Gasteiger partial charge < -0.3 is 5.11 Å². The van der Waals surface area contributed by atoms with E-state index in [0.29, 0.717) is 0 Å². The summed E-state index contributed by atoms with van der Waals surface area (Å²) in [5.74, 6) is -39.4. The average molecular weight is 600 g/mol. The maximum Gasteiger partial charge on any atom is 0.460 e. The van der Waals surface area contributed by atoms with E-state index in [2.05, 4.69) is 0 Å². The van der Waals surface area contributed by atoms with Gasteiger partial charge in [0.1, 0.15) is 5.60 Å². The monoisotopic (exact) mass is 600 g/mol. The van der Waals surface area contributed by atoms with Crippen molar-refractivity contribution >= 4 is 0 Å². The van der Waals surface area contributed by atoms with E-state index >= 15 is 8.78 Å². The molecule has 1 nitrogen and oxygen atoms in total. The Morgan fingerprint density at radius 1 is 0.575 bits per heavy atom. The predicted octanol–water partition coefficient (Wildman–Crippen LogP) is 9.10. The number of hydrogen-bond donors (Lipinski definition) is 1. The van der Waals surface area contributed by atoms with E-state index in [4.69, 9.17) is 0 Å². The summed E-state index contributed by atoms with van der Waals surface area (Å²) in [6.07, 6.45) is -10.3. The minimum absolute atomic E-state index is 0.00600. The van der Waals surface area contributed by atoms with Gasteiger partial charge in [0.2, 0.25) is 0 Å². The number of benzene rings is 2. The second-order valence-corrected chi connectivity index (χ2v) is 10.5. The third kappa shape index (κ3) is 5.27. The Kier molecular flexibility index (Phi) is 8.50. The van der Waals surface area contributed by atoms with Crippen LogP contribution in [0.3, 0.4) is 0 Å². The Morgan fingerprint density at radius 2 is 0.975 bits per heavy atom. The fourth-order valence-corrected chi connectivity index (χ4v) is 4.27. The van der Waals surface area contributed by atoms with Crippen LogP contribution in [0.1, 0.15) is 56.7 Å². The van der Waals surface area contributed by atoms with E-state index in [9.17, 15) is 53.4 Å². The number of rotatable bonds is 9. The van der Waals surface area contributed by atoms with Crippen LogP contribution in [0.2, 0.25) is 0 Å². The molecule has 40 heavy (non-hydrogen) atoms. The Morgan fingerprint density at radius 3 is 1.40 bits per heavy atom. The number of halogens is 13. The summed E-state index contributed by atoms with van der Waals surface area (Å²) < 4.78 is 180. The van der Waals surface area contributed by atoms with Crippen LogP contribution in [-0.2, 0) is 11.0 Å². The fourth-order valence-electron chi connectivity index (χ4n) is 4.27. The smallest absolute Gasteiger partial charge is 0.384 e. The maximum atomic E-state index is 15.1. The summed E-state index contributed by atoms with van der Waals surface area (Å²) in [6, 6.07) is 11.5. The molecule has 0 aliphatic rings. The lowest BCUT2D eigenvalue weighted by atomic mass is 9.69. The zero-order chi connectivity index (χ0) is 31.4. The van der Waals surface area contributed by atoms with Crippen molar-refractivity contribution in [2.45, 2.75) is 86.8 Å². The van der Waals surface area contributed by atoms with Crippen LogP contribution in [0, 0.1) is 0 Å². The van der Waals surface area contributed by atoms with Crippen LogP contribution in [0.5, 0.6) is 0 Å². The van der Waals surface area contributed by atoms with Crippen molar-refractivity contribution < 1.29 is 62.2 Å². The van der Waals surface area contributed by atoms with Crippen molar-refractivity contribution in [2.75, 3.05) is 0 Å².